The molecule has 0 aromatic carbocycles. The second kappa shape index (κ2) is 29.5. The average Bonchev–Trinajstić information content (AvgIpc) is 3.02. The summed E-state index contributed by atoms with van der Waals surface area (Å²) in [7, 11) is 2.61. The van der Waals surface area contributed by atoms with Gasteiger partial charge in [-0.25, -0.2) is 0 Å². The zero-order valence-electron chi connectivity index (χ0n) is 30.1. The molecule has 0 saturated carbocycles. The van der Waals surface area contributed by atoms with E-state index in [-0.39, 0.29) is 32.9 Å². The van der Waals surface area contributed by atoms with E-state index in [0.717, 1.165) is 44.9 Å². The predicted molar refractivity (Wildman–Crippen MR) is 194 cm³/mol. The number of ether oxygens (including phenoxy) is 1. The number of nitrogens with one attached hydrogen (secondary N) is 2. The van der Waals surface area contributed by atoms with Crippen molar-refractivity contribution in [2.75, 3.05) is 67.8 Å². The molecule has 0 aromatic heterocycles. The van der Waals surface area contributed by atoms with E-state index < -0.39 is 26.4 Å². The topological polar surface area (TPSA) is 146 Å². The number of hydrogen-bond donors (Lipinski definition) is 3. The Kier molecular flexibility index (Phi) is 28.1. The van der Waals surface area contributed by atoms with Gasteiger partial charge in [0.2, 0.25) is 11.8 Å². The molecule has 0 aliphatic carbocycles. The van der Waals surface area contributed by atoms with Gasteiger partial charge in [-0.05, 0) is 57.8 Å². The van der Waals surface area contributed by atoms with Crippen LogP contribution in [-0.4, -0.2) is 95.2 Å². The number of aliphatic hydroxyl groups is 1. The van der Waals surface area contributed by atoms with Crippen LogP contribution in [0.4, 0.5) is 0 Å². The van der Waals surface area contributed by atoms with Gasteiger partial charge in [0.25, 0.3) is 7.82 Å². The number of phosphoric ester groups is 1. The van der Waals surface area contributed by atoms with Gasteiger partial charge in [0.15, 0.2) is 0 Å². The first kappa shape index (κ1) is 45.6. The van der Waals surface area contributed by atoms with Gasteiger partial charge >= 0.3 is 0 Å². The summed E-state index contributed by atoms with van der Waals surface area (Å²) < 4.78 is 27.8. The van der Waals surface area contributed by atoms with Crippen LogP contribution in [0.25, 0.3) is 0 Å². The molecule has 0 aromatic rings. The van der Waals surface area contributed by atoms with Crippen LogP contribution in [0, 0.1) is 5.92 Å². The van der Waals surface area contributed by atoms with Gasteiger partial charge in [0, 0.05) is 34.0 Å². The van der Waals surface area contributed by atoms with E-state index in [1.807, 2.05) is 27.2 Å². The molecule has 3 N–H and O–H groups in total. The van der Waals surface area contributed by atoms with E-state index in [0.29, 0.717) is 43.4 Å². The first-order valence-electron chi connectivity index (χ1n) is 17.3. The third kappa shape index (κ3) is 29.7. The molecule has 278 valence electrons. The molecule has 11 nitrogen and oxygen atoms in total. The highest BCUT2D eigenvalue weighted by Crippen LogP contribution is 2.38. The van der Waals surface area contributed by atoms with Crippen LogP contribution >= 0.6 is 7.82 Å². The number of amides is 2. The number of nitrogens with zero attached hydrogens (tertiary/aromatic N) is 1. The molecule has 0 spiro atoms. The molecule has 0 bridgehead atoms. The number of carbonyl (C=O) groups excluding carboxylic acids is 2. The smallest absolute Gasteiger partial charge is 0.268 e. The van der Waals surface area contributed by atoms with Crippen LogP contribution < -0.4 is 15.5 Å². The van der Waals surface area contributed by atoms with Gasteiger partial charge in [-0.3, -0.25) is 14.2 Å². The van der Waals surface area contributed by atoms with Gasteiger partial charge in [0.1, 0.15) is 19.2 Å². The molecule has 0 aliphatic heterocycles. The number of rotatable bonds is 30. The van der Waals surface area contributed by atoms with Crippen molar-refractivity contribution in [1.82, 2.24) is 10.6 Å². The molecule has 0 rings (SSSR count). The van der Waals surface area contributed by atoms with Crippen molar-refractivity contribution in [1.29, 1.82) is 0 Å². The van der Waals surface area contributed by atoms with Gasteiger partial charge < -0.3 is 38.9 Å². The third-order valence-corrected chi connectivity index (χ3v) is 7.96. The summed E-state index contributed by atoms with van der Waals surface area (Å²) in [6, 6.07) is -1.20. The summed E-state index contributed by atoms with van der Waals surface area (Å²) in [5, 5.41) is 14.8. The number of methoxy groups -OCH3 is 1. The second-order valence-electron chi connectivity index (χ2n) is 12.6. The van der Waals surface area contributed by atoms with E-state index in [1.54, 1.807) is 7.11 Å². The Bertz CT molecular complexity index is 1040. The van der Waals surface area contributed by atoms with Crippen molar-refractivity contribution >= 4 is 19.6 Å². The molecule has 0 aliphatic rings. The van der Waals surface area contributed by atoms with E-state index in [2.05, 4.69) is 72.2 Å². The summed E-state index contributed by atoms with van der Waals surface area (Å²) in [5.74, 6) is -0.879. The van der Waals surface area contributed by atoms with Crippen LogP contribution in [-0.2, 0) is 27.9 Å². The lowest BCUT2D eigenvalue weighted by Crippen LogP contribution is -2.49. The maximum absolute atomic E-state index is 12.9. The number of allylic oxidation sites excluding steroid dienone is 10. The standard InChI is InChI=1S/C36H64N3O8P.H2/c1-6-7-8-9-10-11-12-13-14-15-16-17-18-19-20-21-22-26-35(41)38-34(32-47-48(43,44)46-29-28-39(2,3)4)36(42)37-27-24-23-25-33(30-40)31-45-5;/h7-8,10-11,13-14,16-17,19-20,33-34,40H,6,9,12,15,18,21-32H2,1-5H3,(H2-,37,38,41,42,43,44);1H/b8-7-,11-10-,14-13-,17-16-,20-19-;/t33?,34-;/m0./s1. The number of hydrogen-bond acceptors (Lipinski definition) is 8. The van der Waals surface area contributed by atoms with Crippen LogP contribution in [0.2, 0.25) is 0 Å². The van der Waals surface area contributed by atoms with Crippen molar-refractivity contribution in [2.24, 2.45) is 5.92 Å². The van der Waals surface area contributed by atoms with E-state index in [4.69, 9.17) is 13.8 Å². The predicted octanol–water partition coefficient (Wildman–Crippen LogP) is 5.39. The quantitative estimate of drug-likeness (QED) is 0.0392. The molecule has 0 radical (unpaired) electrons. The Balaban J connectivity index is 0. The van der Waals surface area contributed by atoms with Crippen molar-refractivity contribution < 1.29 is 43.8 Å². The van der Waals surface area contributed by atoms with E-state index >= 15 is 0 Å². The van der Waals surface area contributed by atoms with Gasteiger partial charge in [0.05, 0.1) is 34.4 Å². The first-order valence-corrected chi connectivity index (χ1v) is 18.7. The molecule has 48 heavy (non-hydrogen) atoms. The van der Waals surface area contributed by atoms with E-state index in [9.17, 15) is 24.2 Å². The minimum Gasteiger partial charge on any atom is -0.756 e. The highest BCUT2D eigenvalue weighted by molar-refractivity contribution is 7.45. The lowest BCUT2D eigenvalue weighted by Gasteiger charge is -2.28. The van der Waals surface area contributed by atoms with Crippen molar-refractivity contribution in [3.63, 3.8) is 0 Å². The number of carbonyl (C=O) groups is 2. The molecule has 0 saturated heterocycles. The van der Waals surface area contributed by atoms with Gasteiger partial charge in [-0.2, -0.15) is 0 Å². The largest absolute Gasteiger partial charge is 0.756 e. The molecule has 0 fully saturated rings. The third-order valence-electron chi connectivity index (χ3n) is 6.99. The number of aliphatic hydroxyl groups excluding tert-OH is 1. The van der Waals surface area contributed by atoms with Crippen LogP contribution in [0.1, 0.15) is 79.0 Å². The molecule has 2 amide bonds. The van der Waals surface area contributed by atoms with Crippen molar-refractivity contribution in [3.8, 4) is 0 Å². The SMILES string of the molecule is CC/C=C\C/C=C\C/C=C\C/C=C\C/C=C\CCCC(=O)N[C@@H](COP(=O)([O-])OCC[N+](C)(C)C)C(=O)NCCCCC(CO)COC.[HH]. The van der Waals surface area contributed by atoms with Crippen LogP contribution in [0.5, 0.6) is 0 Å². The number of quaternary nitrogens is 1. The zero-order chi connectivity index (χ0) is 35.9. The fraction of sp³-hybridized carbons (Fsp3) is 0.667. The normalized spacial score (nSPS) is 15.2. The number of likely N-dealkylation sites (N-methyl/N-ethyl adjacent to an activating group) is 1. The Morgan fingerprint density at radius 3 is 2.00 bits per heavy atom. The highest BCUT2D eigenvalue weighted by atomic mass is 31.2. The number of unbranched alkanes of at least 4 members (excludes halogenated alkanes) is 2. The average molecular weight is 700 g/mol. The lowest BCUT2D eigenvalue weighted by molar-refractivity contribution is -0.870. The van der Waals surface area contributed by atoms with Gasteiger partial charge in [-0.1, -0.05) is 74.1 Å². The summed E-state index contributed by atoms with van der Waals surface area (Å²) in [4.78, 5) is 37.9. The molecule has 12 heteroatoms. The Labute approximate surface area is 291 Å². The molecular formula is C36H66N3O8P. The molecule has 3 atom stereocenters. The van der Waals surface area contributed by atoms with Crippen LogP contribution in [0.3, 0.4) is 0 Å². The summed E-state index contributed by atoms with van der Waals surface area (Å²) in [6.45, 7) is 2.74. The van der Waals surface area contributed by atoms with Crippen molar-refractivity contribution in [2.45, 2.75) is 83.6 Å². The maximum atomic E-state index is 12.9. The Hall–Kier alpha value is -2.37. The summed E-state index contributed by atoms with van der Waals surface area (Å²) in [5.41, 5.74) is 0. The molecule has 2 unspecified atom stereocenters. The summed E-state index contributed by atoms with van der Waals surface area (Å²) in [6.07, 6.45) is 29.6. The van der Waals surface area contributed by atoms with E-state index in [1.165, 1.54) is 0 Å². The highest BCUT2D eigenvalue weighted by Gasteiger charge is 2.24. The first-order chi connectivity index (χ1) is 22.9. The van der Waals surface area contributed by atoms with Crippen molar-refractivity contribution in [3.05, 3.63) is 60.8 Å². The second-order valence-corrected chi connectivity index (χ2v) is 14.0. The lowest BCUT2D eigenvalue weighted by atomic mass is 10.0. The maximum Gasteiger partial charge on any atom is 0.268 e. The zero-order valence-corrected chi connectivity index (χ0v) is 31.0. The summed E-state index contributed by atoms with van der Waals surface area (Å²) >= 11 is 0. The molecular weight excluding hydrogens is 633 g/mol. The number of phosphoric acid groups is 1. The van der Waals surface area contributed by atoms with Gasteiger partial charge in [-0.15, -0.1) is 0 Å². The van der Waals surface area contributed by atoms with Crippen LogP contribution in [0.15, 0.2) is 60.8 Å². The molecule has 0 heterocycles. The Morgan fingerprint density at radius 1 is 0.875 bits per heavy atom. The Morgan fingerprint density at radius 2 is 1.46 bits per heavy atom. The fourth-order valence-corrected chi connectivity index (χ4v) is 4.90. The minimum atomic E-state index is -4.68. The minimum absolute atomic E-state index is 0. The fourth-order valence-electron chi connectivity index (χ4n) is 4.18. The monoisotopic (exact) mass is 699 g/mol.